The molecule has 2 N–H and O–H groups in total. The molecule has 1 atom stereocenters. The van der Waals surface area contributed by atoms with Crippen LogP contribution in [-0.4, -0.2) is 28.8 Å². The number of hydrogen-bond acceptors (Lipinski definition) is 4. The third-order valence-corrected chi connectivity index (χ3v) is 4.78. The van der Waals surface area contributed by atoms with Crippen LogP contribution in [0.2, 0.25) is 0 Å². The molecular weight excluding hydrogens is 294 g/mol. The second-order valence-corrected chi connectivity index (χ2v) is 7.14. The second-order valence-electron chi connectivity index (χ2n) is 5.18. The maximum absolute atomic E-state index is 11.8. The van der Waals surface area contributed by atoms with E-state index in [1.54, 1.807) is 11.4 Å². The van der Waals surface area contributed by atoms with E-state index in [1.807, 2.05) is 6.92 Å². The SMILES string of the molecule is CC(C)CCC(C)NC(=O)CSc1csc(C(=O)O)c1. The fraction of sp³-hybridized carbons (Fsp3) is 0.571. The number of nitrogens with one attached hydrogen (secondary N) is 1. The molecule has 0 bridgehead atoms. The zero-order chi connectivity index (χ0) is 15.1. The van der Waals surface area contributed by atoms with Gasteiger partial charge in [0.05, 0.1) is 5.75 Å². The lowest BCUT2D eigenvalue weighted by Crippen LogP contribution is -2.33. The van der Waals surface area contributed by atoms with Crippen molar-refractivity contribution in [2.75, 3.05) is 5.75 Å². The third-order valence-electron chi connectivity index (χ3n) is 2.74. The van der Waals surface area contributed by atoms with Crippen LogP contribution in [0.5, 0.6) is 0 Å². The van der Waals surface area contributed by atoms with Gasteiger partial charge in [-0.3, -0.25) is 4.79 Å². The monoisotopic (exact) mass is 315 g/mol. The summed E-state index contributed by atoms with van der Waals surface area (Å²) in [6.45, 7) is 6.35. The van der Waals surface area contributed by atoms with Crippen LogP contribution in [0.3, 0.4) is 0 Å². The molecule has 0 aromatic carbocycles. The first kappa shape index (κ1) is 17.0. The van der Waals surface area contributed by atoms with Gasteiger partial charge < -0.3 is 10.4 Å². The summed E-state index contributed by atoms with van der Waals surface area (Å²) in [4.78, 5) is 23.6. The van der Waals surface area contributed by atoms with Gasteiger partial charge in [0.2, 0.25) is 5.91 Å². The number of hydrogen-bond donors (Lipinski definition) is 2. The van der Waals surface area contributed by atoms with Crippen LogP contribution >= 0.6 is 23.1 Å². The molecule has 0 radical (unpaired) electrons. The van der Waals surface area contributed by atoms with Crippen LogP contribution in [0, 0.1) is 5.92 Å². The molecule has 1 amide bonds. The van der Waals surface area contributed by atoms with E-state index in [1.165, 1.54) is 23.1 Å². The van der Waals surface area contributed by atoms with Crippen LogP contribution in [0.4, 0.5) is 0 Å². The summed E-state index contributed by atoms with van der Waals surface area (Å²) in [6.07, 6.45) is 2.08. The topological polar surface area (TPSA) is 66.4 Å². The molecule has 0 saturated carbocycles. The van der Waals surface area contributed by atoms with E-state index in [2.05, 4.69) is 19.2 Å². The van der Waals surface area contributed by atoms with Gasteiger partial charge in [0, 0.05) is 16.3 Å². The maximum Gasteiger partial charge on any atom is 0.345 e. The molecule has 112 valence electrons. The Morgan fingerprint density at radius 1 is 1.35 bits per heavy atom. The lowest BCUT2D eigenvalue weighted by Gasteiger charge is -2.14. The number of rotatable bonds is 8. The number of carboxylic acid groups (broad SMARTS) is 1. The number of thioether (sulfide) groups is 1. The van der Waals surface area contributed by atoms with E-state index < -0.39 is 5.97 Å². The molecule has 1 heterocycles. The first-order valence-corrected chi connectivity index (χ1v) is 8.49. The van der Waals surface area contributed by atoms with Gasteiger partial charge in [0.15, 0.2) is 0 Å². The molecule has 0 aliphatic carbocycles. The van der Waals surface area contributed by atoms with Crippen molar-refractivity contribution in [3.05, 3.63) is 16.3 Å². The summed E-state index contributed by atoms with van der Waals surface area (Å²) in [5.41, 5.74) is 0. The van der Waals surface area contributed by atoms with E-state index in [0.717, 1.165) is 17.7 Å². The fourth-order valence-corrected chi connectivity index (χ4v) is 3.31. The Hall–Kier alpha value is -1.01. The van der Waals surface area contributed by atoms with Crippen LogP contribution in [0.25, 0.3) is 0 Å². The molecule has 0 saturated heterocycles. The number of carbonyl (C=O) groups excluding carboxylic acids is 1. The summed E-state index contributed by atoms with van der Waals surface area (Å²) in [7, 11) is 0. The van der Waals surface area contributed by atoms with E-state index in [9.17, 15) is 9.59 Å². The minimum Gasteiger partial charge on any atom is -0.477 e. The van der Waals surface area contributed by atoms with Gasteiger partial charge in [-0.1, -0.05) is 13.8 Å². The van der Waals surface area contributed by atoms with Crippen molar-refractivity contribution in [3.8, 4) is 0 Å². The standard InChI is InChI=1S/C14H21NO3S2/c1-9(2)4-5-10(3)15-13(16)8-19-11-6-12(14(17)18)20-7-11/h6-7,9-10H,4-5,8H2,1-3H3,(H,15,16)(H,17,18). The Kier molecular flexibility index (Phi) is 7.09. The predicted octanol–water partition coefficient (Wildman–Crippen LogP) is 3.48. The smallest absolute Gasteiger partial charge is 0.345 e. The molecule has 0 aliphatic rings. The number of thiophene rings is 1. The summed E-state index contributed by atoms with van der Waals surface area (Å²) in [6, 6.07) is 1.79. The molecule has 1 unspecified atom stereocenters. The molecule has 1 aromatic rings. The Morgan fingerprint density at radius 3 is 2.60 bits per heavy atom. The number of carbonyl (C=O) groups is 2. The Labute approximate surface area is 128 Å². The van der Waals surface area contributed by atoms with Crippen LogP contribution in [0.1, 0.15) is 43.3 Å². The zero-order valence-electron chi connectivity index (χ0n) is 12.0. The Morgan fingerprint density at radius 2 is 2.05 bits per heavy atom. The Balaban J connectivity index is 2.30. The highest BCUT2D eigenvalue weighted by molar-refractivity contribution is 8.00. The predicted molar refractivity (Wildman–Crippen MR) is 83.7 cm³/mol. The summed E-state index contributed by atoms with van der Waals surface area (Å²) >= 11 is 2.55. The van der Waals surface area contributed by atoms with Crippen molar-refractivity contribution in [1.29, 1.82) is 0 Å². The average Bonchev–Trinajstić information content (AvgIpc) is 2.83. The largest absolute Gasteiger partial charge is 0.477 e. The van der Waals surface area contributed by atoms with Crippen LogP contribution in [0.15, 0.2) is 16.3 Å². The van der Waals surface area contributed by atoms with E-state index in [0.29, 0.717) is 16.5 Å². The quantitative estimate of drug-likeness (QED) is 0.721. The molecule has 20 heavy (non-hydrogen) atoms. The van der Waals surface area contributed by atoms with Crippen molar-refractivity contribution in [3.63, 3.8) is 0 Å². The summed E-state index contributed by atoms with van der Waals surface area (Å²) in [5.74, 6) is 0.0360. The van der Waals surface area contributed by atoms with E-state index >= 15 is 0 Å². The molecule has 0 aliphatic heterocycles. The van der Waals surface area contributed by atoms with Gasteiger partial charge in [-0.2, -0.15) is 0 Å². The highest BCUT2D eigenvalue weighted by Crippen LogP contribution is 2.24. The van der Waals surface area contributed by atoms with Gasteiger partial charge >= 0.3 is 5.97 Å². The second kappa shape index (κ2) is 8.32. The zero-order valence-corrected chi connectivity index (χ0v) is 13.6. The molecular formula is C14H21NO3S2. The molecule has 1 aromatic heterocycles. The molecule has 1 rings (SSSR count). The summed E-state index contributed by atoms with van der Waals surface area (Å²) < 4.78 is 0. The average molecular weight is 315 g/mol. The van der Waals surface area contributed by atoms with Gasteiger partial charge in [-0.15, -0.1) is 23.1 Å². The minimum absolute atomic E-state index is 0.00525. The van der Waals surface area contributed by atoms with Gasteiger partial charge in [0.25, 0.3) is 0 Å². The van der Waals surface area contributed by atoms with Crippen LogP contribution in [-0.2, 0) is 4.79 Å². The third kappa shape index (κ3) is 6.43. The van der Waals surface area contributed by atoms with Gasteiger partial charge in [-0.25, -0.2) is 4.79 Å². The number of carboxylic acids is 1. The lowest BCUT2D eigenvalue weighted by atomic mass is 10.0. The first-order valence-electron chi connectivity index (χ1n) is 6.62. The highest BCUT2D eigenvalue weighted by Gasteiger charge is 2.11. The lowest BCUT2D eigenvalue weighted by molar-refractivity contribution is -0.119. The van der Waals surface area contributed by atoms with E-state index in [-0.39, 0.29) is 11.9 Å². The van der Waals surface area contributed by atoms with E-state index in [4.69, 9.17) is 5.11 Å². The van der Waals surface area contributed by atoms with Crippen molar-refractivity contribution >= 4 is 35.0 Å². The number of aromatic carboxylic acids is 1. The normalized spacial score (nSPS) is 12.4. The number of amides is 1. The van der Waals surface area contributed by atoms with Gasteiger partial charge in [0.1, 0.15) is 4.88 Å². The van der Waals surface area contributed by atoms with Crippen molar-refractivity contribution in [2.45, 2.75) is 44.6 Å². The summed E-state index contributed by atoms with van der Waals surface area (Å²) in [5, 5.41) is 13.6. The van der Waals surface area contributed by atoms with Crippen molar-refractivity contribution < 1.29 is 14.7 Å². The van der Waals surface area contributed by atoms with Crippen LogP contribution < -0.4 is 5.32 Å². The molecule has 0 spiro atoms. The minimum atomic E-state index is -0.923. The van der Waals surface area contributed by atoms with Crippen molar-refractivity contribution in [2.24, 2.45) is 5.92 Å². The first-order chi connectivity index (χ1) is 9.38. The maximum atomic E-state index is 11.8. The molecule has 4 nitrogen and oxygen atoms in total. The highest BCUT2D eigenvalue weighted by atomic mass is 32.2. The molecule has 6 heteroatoms. The van der Waals surface area contributed by atoms with Crippen molar-refractivity contribution in [1.82, 2.24) is 5.32 Å². The fourth-order valence-electron chi connectivity index (χ4n) is 1.63. The van der Waals surface area contributed by atoms with Gasteiger partial charge in [-0.05, 0) is 31.7 Å². The molecule has 0 fully saturated rings. The Bertz CT molecular complexity index is 457.